The summed E-state index contributed by atoms with van der Waals surface area (Å²) in [5, 5.41) is 3.25. The van der Waals surface area contributed by atoms with Crippen LogP contribution in [-0.4, -0.2) is 25.6 Å². The smallest absolute Gasteiger partial charge is 0.275 e. The molecule has 1 saturated heterocycles. The van der Waals surface area contributed by atoms with Crippen LogP contribution < -0.4 is 10.8 Å². The molecule has 1 atom stereocenters. The lowest BCUT2D eigenvalue weighted by molar-refractivity contribution is 0.0187. The molecule has 4 nitrogen and oxygen atoms in total. The first-order valence-corrected chi connectivity index (χ1v) is 6.44. The van der Waals surface area contributed by atoms with E-state index in [9.17, 15) is 4.79 Å². The summed E-state index contributed by atoms with van der Waals surface area (Å²) in [7, 11) is 0. The van der Waals surface area contributed by atoms with Crippen molar-refractivity contribution in [3.8, 4) is 0 Å². The van der Waals surface area contributed by atoms with Crippen LogP contribution in [0.5, 0.6) is 0 Å². The summed E-state index contributed by atoms with van der Waals surface area (Å²) in [5.74, 6) is 0.276. The van der Waals surface area contributed by atoms with Gasteiger partial charge in [-0.05, 0) is 46.9 Å². The van der Waals surface area contributed by atoms with Crippen LogP contribution in [0.1, 0.15) is 16.8 Å². The molecule has 1 aliphatic rings. The molecule has 2 rings (SSSR count). The fourth-order valence-electron chi connectivity index (χ4n) is 1.78. The van der Waals surface area contributed by atoms with E-state index in [0.717, 1.165) is 24.0 Å². The van der Waals surface area contributed by atoms with E-state index in [2.05, 4.69) is 26.7 Å². The number of amides is 1. The van der Waals surface area contributed by atoms with Gasteiger partial charge in [0.25, 0.3) is 5.91 Å². The van der Waals surface area contributed by atoms with E-state index in [1.54, 1.807) is 6.07 Å². The van der Waals surface area contributed by atoms with Crippen molar-refractivity contribution >= 4 is 21.8 Å². The van der Waals surface area contributed by atoms with E-state index in [1.165, 1.54) is 0 Å². The average Bonchev–Trinajstić information content (AvgIpc) is 2.82. The van der Waals surface area contributed by atoms with Crippen LogP contribution >= 0.6 is 15.9 Å². The third-order valence-corrected chi connectivity index (χ3v) is 3.46. The third kappa shape index (κ3) is 3.52. The molecule has 17 heavy (non-hydrogen) atoms. The summed E-state index contributed by atoms with van der Waals surface area (Å²) >= 11 is 3.33. The van der Waals surface area contributed by atoms with Gasteiger partial charge in [-0.25, -0.2) is 5.48 Å². The van der Waals surface area contributed by atoms with Crippen molar-refractivity contribution < 1.29 is 9.63 Å². The fourth-order valence-corrected chi connectivity index (χ4v) is 2.25. The minimum atomic E-state index is -0.219. The Balaban J connectivity index is 1.79. The standard InChI is InChI=1S/C12H15BrN2O2/c13-11-4-2-1-3-10(11)12(16)15-17-8-9-5-6-14-7-9/h1-4,9,14H,5-8H2,(H,15,16). The Hall–Kier alpha value is -0.910. The number of carbonyl (C=O) groups is 1. The van der Waals surface area contributed by atoms with E-state index in [1.807, 2.05) is 18.2 Å². The minimum absolute atomic E-state index is 0.219. The third-order valence-electron chi connectivity index (χ3n) is 2.76. The first kappa shape index (κ1) is 12.5. The summed E-state index contributed by atoms with van der Waals surface area (Å²) in [6, 6.07) is 7.27. The molecule has 1 heterocycles. The Morgan fingerprint density at radius 3 is 3.06 bits per heavy atom. The molecule has 1 fully saturated rings. The predicted molar refractivity (Wildman–Crippen MR) is 68.5 cm³/mol. The second kappa shape index (κ2) is 6.14. The molecule has 2 N–H and O–H groups in total. The molecule has 0 aromatic heterocycles. The highest BCUT2D eigenvalue weighted by Gasteiger charge is 2.15. The Kier molecular flexibility index (Phi) is 4.53. The molecule has 0 spiro atoms. The Bertz CT molecular complexity index is 392. The maximum Gasteiger partial charge on any atom is 0.275 e. The molecule has 1 unspecified atom stereocenters. The van der Waals surface area contributed by atoms with Gasteiger partial charge in [0, 0.05) is 11.0 Å². The number of carbonyl (C=O) groups excluding carboxylic acids is 1. The molecular formula is C12H15BrN2O2. The summed E-state index contributed by atoms with van der Waals surface area (Å²) in [5.41, 5.74) is 3.05. The van der Waals surface area contributed by atoms with Gasteiger partial charge < -0.3 is 5.32 Å². The number of halogens is 1. The largest absolute Gasteiger partial charge is 0.316 e. The number of hydroxylamine groups is 1. The maximum atomic E-state index is 11.8. The fraction of sp³-hybridized carbons (Fsp3) is 0.417. The molecule has 1 amide bonds. The van der Waals surface area contributed by atoms with E-state index < -0.39 is 0 Å². The Morgan fingerprint density at radius 2 is 2.35 bits per heavy atom. The highest BCUT2D eigenvalue weighted by Crippen LogP contribution is 2.15. The predicted octanol–water partition coefficient (Wildman–Crippen LogP) is 1.72. The topological polar surface area (TPSA) is 50.4 Å². The zero-order chi connectivity index (χ0) is 12.1. The molecule has 0 bridgehead atoms. The highest BCUT2D eigenvalue weighted by molar-refractivity contribution is 9.10. The van der Waals surface area contributed by atoms with Crippen molar-refractivity contribution in [1.82, 2.24) is 10.8 Å². The van der Waals surface area contributed by atoms with Gasteiger partial charge in [-0.15, -0.1) is 0 Å². The van der Waals surface area contributed by atoms with Crippen LogP contribution in [0, 0.1) is 5.92 Å². The van der Waals surface area contributed by atoms with E-state index in [0.29, 0.717) is 18.1 Å². The monoisotopic (exact) mass is 298 g/mol. The van der Waals surface area contributed by atoms with Crippen molar-refractivity contribution in [1.29, 1.82) is 0 Å². The SMILES string of the molecule is O=C(NOCC1CCNC1)c1ccccc1Br. The first-order chi connectivity index (χ1) is 8.27. The zero-order valence-electron chi connectivity index (χ0n) is 9.41. The van der Waals surface area contributed by atoms with Crippen molar-refractivity contribution in [2.45, 2.75) is 6.42 Å². The molecule has 0 aliphatic carbocycles. The van der Waals surface area contributed by atoms with Gasteiger partial charge in [-0.3, -0.25) is 9.63 Å². The molecule has 1 aromatic carbocycles. The summed E-state index contributed by atoms with van der Waals surface area (Å²) in [4.78, 5) is 17.0. The van der Waals surface area contributed by atoms with Crippen LogP contribution in [0.3, 0.4) is 0 Å². The van der Waals surface area contributed by atoms with Gasteiger partial charge in [-0.1, -0.05) is 12.1 Å². The van der Waals surface area contributed by atoms with E-state index >= 15 is 0 Å². The van der Waals surface area contributed by atoms with Crippen molar-refractivity contribution in [3.63, 3.8) is 0 Å². The molecule has 0 radical (unpaired) electrons. The lowest BCUT2D eigenvalue weighted by atomic mass is 10.1. The number of benzene rings is 1. The Labute approximate surface area is 109 Å². The van der Waals surface area contributed by atoms with Crippen LogP contribution in [0.4, 0.5) is 0 Å². The quantitative estimate of drug-likeness (QED) is 0.832. The summed E-state index contributed by atoms with van der Waals surface area (Å²) < 4.78 is 0.767. The number of hydrogen-bond acceptors (Lipinski definition) is 3. The van der Waals surface area contributed by atoms with Gasteiger partial charge >= 0.3 is 0 Å². The van der Waals surface area contributed by atoms with Crippen molar-refractivity contribution in [2.75, 3.05) is 19.7 Å². The summed E-state index contributed by atoms with van der Waals surface area (Å²) in [6.45, 7) is 2.56. The van der Waals surface area contributed by atoms with Crippen LogP contribution in [0.25, 0.3) is 0 Å². The van der Waals surface area contributed by atoms with Crippen LogP contribution in [-0.2, 0) is 4.84 Å². The zero-order valence-corrected chi connectivity index (χ0v) is 11.0. The van der Waals surface area contributed by atoms with Gasteiger partial charge in [0.15, 0.2) is 0 Å². The molecule has 92 valence electrons. The van der Waals surface area contributed by atoms with Crippen molar-refractivity contribution in [3.05, 3.63) is 34.3 Å². The Morgan fingerprint density at radius 1 is 1.53 bits per heavy atom. The van der Waals surface area contributed by atoms with Gasteiger partial charge in [-0.2, -0.15) is 0 Å². The lowest BCUT2D eigenvalue weighted by Gasteiger charge is -2.10. The van der Waals surface area contributed by atoms with Gasteiger partial charge in [0.2, 0.25) is 0 Å². The van der Waals surface area contributed by atoms with Crippen LogP contribution in [0.2, 0.25) is 0 Å². The average molecular weight is 299 g/mol. The van der Waals surface area contributed by atoms with Gasteiger partial charge in [0.1, 0.15) is 0 Å². The minimum Gasteiger partial charge on any atom is -0.316 e. The van der Waals surface area contributed by atoms with E-state index in [-0.39, 0.29) is 5.91 Å². The molecular weight excluding hydrogens is 284 g/mol. The number of hydrogen-bond donors (Lipinski definition) is 2. The first-order valence-electron chi connectivity index (χ1n) is 5.65. The van der Waals surface area contributed by atoms with Crippen LogP contribution in [0.15, 0.2) is 28.7 Å². The highest BCUT2D eigenvalue weighted by atomic mass is 79.9. The normalized spacial score (nSPS) is 19.2. The molecule has 5 heteroatoms. The summed E-state index contributed by atoms with van der Waals surface area (Å²) in [6.07, 6.45) is 1.10. The van der Waals surface area contributed by atoms with Gasteiger partial charge in [0.05, 0.1) is 12.2 Å². The van der Waals surface area contributed by atoms with Crippen molar-refractivity contribution in [2.24, 2.45) is 5.92 Å². The van der Waals surface area contributed by atoms with E-state index in [4.69, 9.17) is 4.84 Å². The molecule has 1 aliphatic heterocycles. The molecule has 1 aromatic rings. The second-order valence-corrected chi connectivity index (χ2v) is 4.94. The number of nitrogens with one attached hydrogen (secondary N) is 2. The maximum absolute atomic E-state index is 11.8. The lowest BCUT2D eigenvalue weighted by Crippen LogP contribution is -2.27. The second-order valence-electron chi connectivity index (χ2n) is 4.08. The number of rotatable bonds is 4. The molecule has 0 saturated carbocycles.